The molecular formula is C24H25N7O4S. The topological polar surface area (TPSA) is 138 Å². The number of aromatic nitrogens is 5. The fraction of sp³-hybridized carbons (Fsp3) is 0.208. The maximum atomic E-state index is 9.19. The summed E-state index contributed by atoms with van der Waals surface area (Å²) in [5.41, 5.74) is 5.80. The van der Waals surface area contributed by atoms with Crippen LogP contribution < -0.4 is 10.2 Å². The third-order valence-corrected chi connectivity index (χ3v) is 5.62. The summed E-state index contributed by atoms with van der Waals surface area (Å²) in [7, 11) is -3.67. The van der Waals surface area contributed by atoms with E-state index >= 15 is 0 Å². The largest absolute Gasteiger partial charge is 0.378 e. The van der Waals surface area contributed by atoms with E-state index in [9.17, 15) is 8.42 Å². The maximum Gasteiger partial charge on any atom is 0.261 e. The van der Waals surface area contributed by atoms with Crippen LogP contribution in [-0.2, 0) is 14.9 Å². The summed E-state index contributed by atoms with van der Waals surface area (Å²) in [5.74, 6) is 0.714. The fourth-order valence-electron chi connectivity index (χ4n) is 3.96. The number of hydrogen-bond acceptors (Lipinski definition) is 8. The molecule has 6 rings (SSSR count). The highest BCUT2D eigenvalue weighted by atomic mass is 32.2. The SMILES string of the molecule is CS(=O)(=O)O.c1cn2cc(-c3ccc4cn[nH]c4c3)nc(Nc3ccc(N4CCOCC4)cc3)c2n1. The van der Waals surface area contributed by atoms with Crippen molar-refractivity contribution in [1.29, 1.82) is 0 Å². The highest BCUT2D eigenvalue weighted by Crippen LogP contribution is 2.27. The van der Waals surface area contributed by atoms with Gasteiger partial charge in [0.05, 0.1) is 36.9 Å². The van der Waals surface area contributed by atoms with Gasteiger partial charge in [-0.3, -0.25) is 9.65 Å². The van der Waals surface area contributed by atoms with Crippen LogP contribution in [-0.4, -0.2) is 70.1 Å². The zero-order chi connectivity index (χ0) is 25.1. The van der Waals surface area contributed by atoms with Crippen molar-refractivity contribution in [2.75, 3.05) is 42.8 Å². The third kappa shape index (κ3) is 5.62. The van der Waals surface area contributed by atoms with Gasteiger partial charge in [0.2, 0.25) is 0 Å². The minimum atomic E-state index is -3.67. The summed E-state index contributed by atoms with van der Waals surface area (Å²) in [6.45, 7) is 3.40. The van der Waals surface area contributed by atoms with Gasteiger partial charge in [0.1, 0.15) is 0 Å². The monoisotopic (exact) mass is 507 g/mol. The lowest BCUT2D eigenvalue weighted by Gasteiger charge is -2.28. The van der Waals surface area contributed by atoms with Crippen molar-refractivity contribution in [2.45, 2.75) is 0 Å². The Bertz CT molecular complexity index is 1580. The van der Waals surface area contributed by atoms with E-state index in [-0.39, 0.29) is 0 Å². The second kappa shape index (κ2) is 9.93. The number of aromatic amines is 1. The lowest BCUT2D eigenvalue weighted by atomic mass is 10.1. The number of imidazole rings is 1. The first-order valence-electron chi connectivity index (χ1n) is 11.2. The molecule has 186 valence electrons. The predicted octanol–water partition coefficient (Wildman–Crippen LogP) is 3.36. The van der Waals surface area contributed by atoms with Gasteiger partial charge in [0.25, 0.3) is 10.1 Å². The molecule has 2 aromatic carbocycles. The summed E-state index contributed by atoms with van der Waals surface area (Å²) in [6, 6.07) is 14.6. The van der Waals surface area contributed by atoms with Crippen molar-refractivity contribution in [1.82, 2.24) is 24.6 Å². The molecule has 0 aliphatic carbocycles. The normalized spacial score (nSPS) is 14.0. The Hall–Kier alpha value is -4.00. The molecule has 0 atom stereocenters. The first-order valence-corrected chi connectivity index (χ1v) is 13.1. The van der Waals surface area contributed by atoms with Gasteiger partial charge >= 0.3 is 0 Å². The number of fused-ring (bicyclic) bond motifs is 2. The van der Waals surface area contributed by atoms with Gasteiger partial charge < -0.3 is 19.4 Å². The van der Waals surface area contributed by atoms with E-state index in [4.69, 9.17) is 14.3 Å². The molecule has 0 bridgehead atoms. The van der Waals surface area contributed by atoms with E-state index in [0.717, 1.165) is 59.8 Å². The highest BCUT2D eigenvalue weighted by molar-refractivity contribution is 7.85. The van der Waals surface area contributed by atoms with Gasteiger partial charge in [0, 0.05) is 54.0 Å². The summed E-state index contributed by atoms with van der Waals surface area (Å²) >= 11 is 0. The minimum absolute atomic E-state index is 0.714. The molecule has 0 unspecified atom stereocenters. The van der Waals surface area contributed by atoms with Crippen molar-refractivity contribution in [3.05, 3.63) is 67.3 Å². The summed E-state index contributed by atoms with van der Waals surface area (Å²) in [6.07, 6.45) is 8.24. The van der Waals surface area contributed by atoms with Crippen LogP contribution >= 0.6 is 0 Å². The van der Waals surface area contributed by atoms with Crippen molar-refractivity contribution in [2.24, 2.45) is 0 Å². The summed E-state index contributed by atoms with van der Waals surface area (Å²) in [5, 5.41) is 11.7. The average molecular weight is 508 g/mol. The van der Waals surface area contributed by atoms with Crippen LogP contribution in [0.2, 0.25) is 0 Å². The second-order valence-corrected chi connectivity index (χ2v) is 9.78. The number of ether oxygens (including phenoxy) is 1. The van der Waals surface area contributed by atoms with E-state index in [0.29, 0.717) is 12.1 Å². The standard InChI is InChI=1S/C23H21N7O.CH4O3S/c1-2-17-14-25-28-20(17)13-16(1)21-15-30-8-7-24-23(30)22(27-21)26-18-3-5-19(6-4-18)29-9-11-31-12-10-29;1-5(2,3)4/h1-8,13-15H,9-12H2,(H,25,28)(H,26,27);1H3,(H,2,3,4). The van der Waals surface area contributed by atoms with Crippen molar-refractivity contribution >= 4 is 43.9 Å². The Morgan fingerprint density at radius 2 is 1.86 bits per heavy atom. The first kappa shape index (κ1) is 23.7. The number of hydrogen-bond donors (Lipinski definition) is 3. The Kier molecular flexibility index (Phi) is 6.55. The molecule has 3 N–H and O–H groups in total. The molecule has 12 heteroatoms. The zero-order valence-corrected chi connectivity index (χ0v) is 20.3. The molecule has 1 saturated heterocycles. The van der Waals surface area contributed by atoms with E-state index in [1.54, 1.807) is 6.20 Å². The smallest absolute Gasteiger partial charge is 0.261 e. The number of rotatable bonds is 4. The zero-order valence-electron chi connectivity index (χ0n) is 19.5. The quantitative estimate of drug-likeness (QED) is 0.313. The number of benzene rings is 2. The lowest BCUT2D eigenvalue weighted by Crippen LogP contribution is -2.36. The first-order chi connectivity index (χ1) is 17.3. The highest BCUT2D eigenvalue weighted by Gasteiger charge is 2.13. The number of nitrogens with zero attached hydrogens (tertiary/aromatic N) is 5. The number of nitrogens with one attached hydrogen (secondary N) is 2. The minimum Gasteiger partial charge on any atom is -0.378 e. The molecule has 1 aliphatic heterocycles. The van der Waals surface area contributed by atoms with Crippen LogP contribution in [0.15, 0.2) is 67.3 Å². The molecular weight excluding hydrogens is 482 g/mol. The van der Waals surface area contributed by atoms with E-state index in [1.807, 2.05) is 29.1 Å². The number of anilines is 3. The van der Waals surface area contributed by atoms with Crippen LogP contribution in [0.1, 0.15) is 0 Å². The number of H-pyrrole nitrogens is 1. The van der Waals surface area contributed by atoms with Gasteiger partial charge in [-0.05, 0) is 30.3 Å². The molecule has 0 radical (unpaired) electrons. The van der Waals surface area contributed by atoms with E-state index < -0.39 is 10.1 Å². The van der Waals surface area contributed by atoms with Gasteiger partial charge in [-0.15, -0.1) is 0 Å². The van der Waals surface area contributed by atoms with E-state index in [2.05, 4.69) is 61.8 Å². The Morgan fingerprint density at radius 1 is 1.11 bits per heavy atom. The molecule has 36 heavy (non-hydrogen) atoms. The molecule has 3 aromatic heterocycles. The Labute approximate surface area is 207 Å². The molecule has 0 amide bonds. The van der Waals surface area contributed by atoms with Crippen molar-refractivity contribution in [3.8, 4) is 11.3 Å². The van der Waals surface area contributed by atoms with Crippen LogP contribution in [0.3, 0.4) is 0 Å². The third-order valence-electron chi connectivity index (χ3n) is 5.62. The lowest BCUT2D eigenvalue weighted by molar-refractivity contribution is 0.122. The van der Waals surface area contributed by atoms with Gasteiger partial charge in [-0.1, -0.05) is 12.1 Å². The predicted molar refractivity (Wildman–Crippen MR) is 138 cm³/mol. The second-order valence-electron chi connectivity index (χ2n) is 8.31. The summed E-state index contributed by atoms with van der Waals surface area (Å²) in [4.78, 5) is 11.7. The molecule has 1 fully saturated rings. The van der Waals surface area contributed by atoms with Crippen LogP contribution in [0, 0.1) is 0 Å². The summed E-state index contributed by atoms with van der Waals surface area (Å²) < 4.78 is 33.3. The van der Waals surface area contributed by atoms with Crippen LogP contribution in [0.5, 0.6) is 0 Å². The maximum absolute atomic E-state index is 9.19. The number of morpholine rings is 1. The Morgan fingerprint density at radius 3 is 2.61 bits per heavy atom. The fourth-order valence-corrected chi connectivity index (χ4v) is 3.96. The van der Waals surface area contributed by atoms with Gasteiger partial charge in [-0.2, -0.15) is 13.5 Å². The van der Waals surface area contributed by atoms with Crippen LogP contribution in [0.25, 0.3) is 27.8 Å². The van der Waals surface area contributed by atoms with Gasteiger partial charge in [0.15, 0.2) is 11.5 Å². The van der Waals surface area contributed by atoms with E-state index in [1.165, 1.54) is 5.69 Å². The molecule has 5 aromatic rings. The van der Waals surface area contributed by atoms with Crippen LogP contribution in [0.4, 0.5) is 17.2 Å². The molecule has 0 spiro atoms. The molecule has 11 nitrogen and oxygen atoms in total. The Balaban J connectivity index is 0.000000489. The van der Waals surface area contributed by atoms with Crippen molar-refractivity contribution < 1.29 is 17.7 Å². The average Bonchev–Trinajstić information content (AvgIpc) is 3.53. The molecule has 0 saturated carbocycles. The molecule has 4 heterocycles. The van der Waals surface area contributed by atoms with Crippen molar-refractivity contribution in [3.63, 3.8) is 0 Å². The van der Waals surface area contributed by atoms with Gasteiger partial charge in [-0.25, -0.2) is 9.97 Å². The molecule has 1 aliphatic rings.